The molecule has 1 atom stereocenters. The van der Waals surface area contributed by atoms with E-state index in [1.165, 1.54) is 24.0 Å². The summed E-state index contributed by atoms with van der Waals surface area (Å²) in [6.45, 7) is 2.87. The highest BCUT2D eigenvalue weighted by Crippen LogP contribution is 2.23. The highest BCUT2D eigenvalue weighted by Gasteiger charge is 2.35. The number of sulfonamides is 1. The van der Waals surface area contributed by atoms with E-state index < -0.39 is 22.0 Å². The predicted octanol–water partition coefficient (Wildman–Crippen LogP) is 0.788. The maximum Gasteiger partial charge on any atom is 0.321 e. The fraction of sp³-hybridized carbons (Fsp3) is 0.357. The molecular weight excluding hydrogens is 320 g/mol. The molecule has 0 radical (unpaired) electrons. The summed E-state index contributed by atoms with van der Waals surface area (Å²) >= 11 is 0. The van der Waals surface area contributed by atoms with Gasteiger partial charge in [-0.2, -0.15) is 9.40 Å². The first-order chi connectivity index (χ1) is 10.7. The molecule has 0 bridgehead atoms. The summed E-state index contributed by atoms with van der Waals surface area (Å²) in [6, 6.07) is 2.14. The van der Waals surface area contributed by atoms with Gasteiger partial charge in [-0.15, -0.1) is 0 Å². The summed E-state index contributed by atoms with van der Waals surface area (Å²) in [5, 5.41) is 13.2. The van der Waals surface area contributed by atoms with E-state index in [1.807, 2.05) is 0 Å². The van der Waals surface area contributed by atoms with Gasteiger partial charge in [0.05, 0.1) is 11.9 Å². The third-order valence-electron chi connectivity index (χ3n) is 3.63. The van der Waals surface area contributed by atoms with Crippen LogP contribution in [0.2, 0.25) is 0 Å². The topological polar surface area (TPSA) is 105 Å². The third kappa shape index (κ3) is 3.40. The lowest BCUT2D eigenvalue weighted by Crippen LogP contribution is -2.42. The fourth-order valence-corrected chi connectivity index (χ4v) is 3.85. The second-order valence-electron chi connectivity index (χ2n) is 5.14. The fourth-order valence-electron chi connectivity index (χ4n) is 2.08. The Morgan fingerprint density at radius 1 is 1.43 bits per heavy atom. The SMILES string of the molecule is Cc1c(S(=O)(=O)N(Cc2cccnc2)C(C)C(=O)O)cnn1C. The molecule has 0 aromatic carbocycles. The summed E-state index contributed by atoms with van der Waals surface area (Å²) < 4.78 is 28.2. The molecule has 1 N–H and O–H groups in total. The Morgan fingerprint density at radius 3 is 2.61 bits per heavy atom. The van der Waals surface area contributed by atoms with Crippen LogP contribution in [0.3, 0.4) is 0 Å². The summed E-state index contributed by atoms with van der Waals surface area (Å²) in [4.78, 5) is 15.3. The lowest BCUT2D eigenvalue weighted by Gasteiger charge is -2.25. The Labute approximate surface area is 134 Å². The number of carboxylic acids is 1. The minimum absolute atomic E-state index is 0.00279. The minimum atomic E-state index is -4.01. The third-order valence-corrected chi connectivity index (χ3v) is 5.65. The van der Waals surface area contributed by atoms with Crippen molar-refractivity contribution in [3.63, 3.8) is 0 Å². The van der Waals surface area contributed by atoms with E-state index in [-0.39, 0.29) is 11.4 Å². The van der Waals surface area contributed by atoms with E-state index in [9.17, 15) is 18.3 Å². The molecule has 124 valence electrons. The molecule has 2 heterocycles. The molecule has 9 heteroatoms. The van der Waals surface area contributed by atoms with Gasteiger partial charge in [0, 0.05) is 26.0 Å². The lowest BCUT2D eigenvalue weighted by molar-refractivity contribution is -0.141. The van der Waals surface area contributed by atoms with E-state index >= 15 is 0 Å². The first-order valence-corrected chi connectivity index (χ1v) is 8.31. The van der Waals surface area contributed by atoms with Crippen LogP contribution in [0.25, 0.3) is 0 Å². The number of pyridine rings is 1. The van der Waals surface area contributed by atoms with Gasteiger partial charge in [-0.05, 0) is 25.5 Å². The second kappa shape index (κ2) is 6.47. The quantitative estimate of drug-likeness (QED) is 0.835. The van der Waals surface area contributed by atoms with Crippen LogP contribution >= 0.6 is 0 Å². The second-order valence-corrected chi connectivity index (χ2v) is 7.00. The molecule has 0 fully saturated rings. The van der Waals surface area contributed by atoms with Crippen LogP contribution in [-0.2, 0) is 28.4 Å². The van der Waals surface area contributed by atoms with Crippen molar-refractivity contribution in [2.24, 2.45) is 7.05 Å². The number of carboxylic acid groups (broad SMARTS) is 1. The van der Waals surface area contributed by atoms with Gasteiger partial charge in [-0.1, -0.05) is 6.07 Å². The van der Waals surface area contributed by atoms with E-state index in [0.29, 0.717) is 11.3 Å². The molecule has 2 rings (SSSR count). The van der Waals surface area contributed by atoms with E-state index in [4.69, 9.17) is 0 Å². The molecule has 8 nitrogen and oxygen atoms in total. The molecule has 0 aliphatic heterocycles. The van der Waals surface area contributed by atoms with Gasteiger partial charge in [0.1, 0.15) is 10.9 Å². The molecule has 0 amide bonds. The van der Waals surface area contributed by atoms with Gasteiger partial charge in [0.25, 0.3) is 0 Å². The Kier molecular flexibility index (Phi) is 4.81. The molecule has 0 saturated carbocycles. The van der Waals surface area contributed by atoms with Crippen molar-refractivity contribution < 1.29 is 18.3 Å². The molecule has 1 unspecified atom stereocenters. The van der Waals surface area contributed by atoms with Crippen molar-refractivity contribution in [2.45, 2.75) is 31.3 Å². The molecule has 0 aliphatic carbocycles. The van der Waals surface area contributed by atoms with Crippen LogP contribution in [0.4, 0.5) is 0 Å². The van der Waals surface area contributed by atoms with Crippen molar-refractivity contribution in [3.05, 3.63) is 42.0 Å². The number of rotatable bonds is 6. The zero-order chi connectivity index (χ0) is 17.2. The van der Waals surface area contributed by atoms with Crippen LogP contribution in [0, 0.1) is 6.92 Å². The maximum absolute atomic E-state index is 12.9. The van der Waals surface area contributed by atoms with Gasteiger partial charge in [0.15, 0.2) is 0 Å². The standard InChI is InChI=1S/C14H18N4O4S/c1-10-13(8-16-17(10)3)23(21,22)18(11(2)14(19)20)9-12-5-4-6-15-7-12/h4-8,11H,9H2,1-3H3,(H,19,20). The van der Waals surface area contributed by atoms with Gasteiger partial charge in [0.2, 0.25) is 10.0 Å². The van der Waals surface area contributed by atoms with Crippen LogP contribution < -0.4 is 0 Å². The lowest BCUT2D eigenvalue weighted by atomic mass is 10.2. The number of aromatic nitrogens is 3. The zero-order valence-corrected chi connectivity index (χ0v) is 13.9. The highest BCUT2D eigenvalue weighted by molar-refractivity contribution is 7.89. The molecule has 0 aliphatic rings. The van der Waals surface area contributed by atoms with Gasteiger partial charge in [-0.25, -0.2) is 8.42 Å². The van der Waals surface area contributed by atoms with E-state index in [0.717, 1.165) is 4.31 Å². The Bertz CT molecular complexity index is 801. The average Bonchev–Trinajstić information content (AvgIpc) is 2.85. The van der Waals surface area contributed by atoms with Crippen molar-refractivity contribution >= 4 is 16.0 Å². The number of hydrogen-bond acceptors (Lipinski definition) is 5. The predicted molar refractivity (Wildman–Crippen MR) is 82.0 cm³/mol. The van der Waals surface area contributed by atoms with Crippen molar-refractivity contribution in [1.29, 1.82) is 0 Å². The number of carbonyl (C=O) groups is 1. The summed E-state index contributed by atoms with van der Waals surface area (Å²) in [6.07, 6.45) is 4.30. The van der Waals surface area contributed by atoms with E-state index in [1.54, 1.807) is 32.3 Å². The van der Waals surface area contributed by atoms with Crippen molar-refractivity contribution in [2.75, 3.05) is 0 Å². The Morgan fingerprint density at radius 2 is 2.13 bits per heavy atom. The molecule has 23 heavy (non-hydrogen) atoms. The monoisotopic (exact) mass is 338 g/mol. The number of nitrogens with zero attached hydrogens (tertiary/aromatic N) is 4. The molecule has 0 spiro atoms. The molecule has 2 aromatic rings. The summed E-state index contributed by atoms with van der Waals surface area (Å²) in [5.41, 5.74) is 1.05. The minimum Gasteiger partial charge on any atom is -0.480 e. The smallest absolute Gasteiger partial charge is 0.321 e. The molecular formula is C14H18N4O4S. The molecule has 0 saturated heterocycles. The van der Waals surface area contributed by atoms with Crippen LogP contribution in [0.15, 0.2) is 35.6 Å². The van der Waals surface area contributed by atoms with Gasteiger partial charge >= 0.3 is 5.97 Å². The zero-order valence-electron chi connectivity index (χ0n) is 13.0. The number of hydrogen-bond donors (Lipinski definition) is 1. The largest absolute Gasteiger partial charge is 0.480 e. The van der Waals surface area contributed by atoms with Crippen molar-refractivity contribution in [3.8, 4) is 0 Å². The van der Waals surface area contributed by atoms with Gasteiger partial charge < -0.3 is 5.11 Å². The summed E-state index contributed by atoms with van der Waals surface area (Å²) in [5.74, 6) is -1.22. The average molecular weight is 338 g/mol. The first-order valence-electron chi connectivity index (χ1n) is 6.87. The Balaban J connectivity index is 2.48. The van der Waals surface area contributed by atoms with Crippen LogP contribution in [0.5, 0.6) is 0 Å². The number of aliphatic carboxylic acids is 1. The molecule has 2 aromatic heterocycles. The van der Waals surface area contributed by atoms with Crippen molar-refractivity contribution in [1.82, 2.24) is 19.1 Å². The van der Waals surface area contributed by atoms with E-state index in [2.05, 4.69) is 10.1 Å². The highest BCUT2D eigenvalue weighted by atomic mass is 32.2. The summed E-state index contributed by atoms with van der Waals surface area (Å²) in [7, 11) is -2.39. The van der Waals surface area contributed by atoms with Crippen LogP contribution in [-0.4, -0.2) is 44.6 Å². The van der Waals surface area contributed by atoms with Gasteiger partial charge in [-0.3, -0.25) is 14.5 Å². The maximum atomic E-state index is 12.9. The van der Waals surface area contributed by atoms with Crippen LogP contribution in [0.1, 0.15) is 18.2 Å². The normalized spacial score (nSPS) is 13.2. The number of aryl methyl sites for hydroxylation is 1. The first kappa shape index (κ1) is 17.1. The Hall–Kier alpha value is -2.26.